The van der Waals surface area contributed by atoms with E-state index in [1.807, 2.05) is 18.3 Å². The van der Waals surface area contributed by atoms with Gasteiger partial charge in [-0.05, 0) is 0 Å². The van der Waals surface area contributed by atoms with Crippen molar-refractivity contribution in [2.45, 2.75) is 79.2 Å². The normalized spacial score (nSPS) is 10.3. The van der Waals surface area contributed by atoms with E-state index in [0.717, 1.165) is 0 Å². The van der Waals surface area contributed by atoms with Crippen LogP contribution in [0.3, 0.4) is 0 Å². The maximum absolute atomic E-state index is 10.6. The second kappa shape index (κ2) is 18.2. The van der Waals surface area contributed by atoms with Crippen LogP contribution >= 0.6 is 0 Å². The summed E-state index contributed by atoms with van der Waals surface area (Å²) in [7, 11) is 0. The summed E-state index contributed by atoms with van der Waals surface area (Å²) in [6, 6.07) is 14.5. The molecule has 5 heteroatoms. The Bertz CT molecular complexity index is 678. The Balaban J connectivity index is 0.000000314. The van der Waals surface area contributed by atoms with Crippen LogP contribution in [0.15, 0.2) is 54.9 Å². The number of hydrogen-bond donors (Lipinski definition) is 1. The van der Waals surface area contributed by atoms with E-state index in [-0.39, 0.29) is 6.54 Å². The fourth-order valence-electron chi connectivity index (χ4n) is 3.42. The van der Waals surface area contributed by atoms with Crippen LogP contribution in [0.5, 0.6) is 0 Å². The van der Waals surface area contributed by atoms with Gasteiger partial charge in [-0.15, -0.1) is 0 Å². The molecule has 3 nitrogen and oxygen atoms in total. The predicted molar refractivity (Wildman–Crippen MR) is 125 cm³/mol. The topological polar surface area (TPSA) is 41.2 Å². The molecule has 0 bridgehead atoms. The summed E-state index contributed by atoms with van der Waals surface area (Å²) in [6.45, 7) is 7.04. The van der Waals surface area contributed by atoms with Crippen LogP contribution < -0.4 is 10.7 Å². The number of benzene rings is 1. The molecule has 1 aromatic heterocycles. The van der Waals surface area contributed by atoms with Crippen molar-refractivity contribution in [3.63, 3.8) is 0 Å². The van der Waals surface area contributed by atoms with Crippen LogP contribution in [0.25, 0.3) is 0 Å². The van der Waals surface area contributed by atoms with Gasteiger partial charge < -0.3 is 0 Å². The monoisotopic (exact) mass is 707 g/mol. The number of nitrogens with zero attached hydrogens (tertiary/aromatic N) is 1. The van der Waals surface area contributed by atoms with Crippen molar-refractivity contribution < 1.29 is 39.0 Å². The molecule has 0 fully saturated rings. The second-order valence-electron chi connectivity index (χ2n) is 8.00. The van der Waals surface area contributed by atoms with Crippen LogP contribution in [0, 0.1) is 0 Å². The molecule has 161 valence electrons. The van der Waals surface area contributed by atoms with Gasteiger partial charge in [0.1, 0.15) is 0 Å². The van der Waals surface area contributed by atoms with E-state index in [2.05, 4.69) is 51.1 Å². The third-order valence-corrected chi connectivity index (χ3v) is 20.9. The molecule has 2 rings (SSSR count). The second-order valence-corrected chi connectivity index (χ2v) is 24.3. The summed E-state index contributed by atoms with van der Waals surface area (Å²) in [5.41, 5.74) is 0. The standard InChI is InChI=1S/C7H6NO2.C6H5.3C4H9.Hg.Sn/c9-7(10)6-8-4-2-1-3-5-8;1-2-4-6-5-3-1;3*1-3-4-2;;/h1-2,4-5H,6H2;1-5H;3*1,3-4H2,2H3;;/p+1. The molecule has 30 heavy (non-hydrogen) atoms. The van der Waals surface area contributed by atoms with Gasteiger partial charge in [0.25, 0.3) is 0 Å². The molecular weight excluding hydrogens is 666 g/mol. The van der Waals surface area contributed by atoms with E-state index in [1.165, 1.54) is 44.7 Å². The number of aromatic nitrogens is 1. The first-order valence-corrected chi connectivity index (χ1v) is 23.2. The molecule has 1 N–H and O–H groups in total. The van der Waals surface area contributed by atoms with Crippen molar-refractivity contribution in [3.05, 3.63) is 54.9 Å². The summed E-state index contributed by atoms with van der Waals surface area (Å²) in [4.78, 5) is 10.6. The summed E-state index contributed by atoms with van der Waals surface area (Å²) in [5, 5.41) is 8.74. The predicted octanol–water partition coefficient (Wildman–Crippen LogP) is 4.97. The average molecular weight is 705 g/mol. The van der Waals surface area contributed by atoms with E-state index in [9.17, 15) is 4.79 Å². The number of carboxylic acids is 1. The number of rotatable bonds is 13. The molecule has 0 saturated heterocycles. The van der Waals surface area contributed by atoms with Crippen LogP contribution in [0.2, 0.25) is 13.3 Å². The van der Waals surface area contributed by atoms with Gasteiger partial charge in [0.2, 0.25) is 0 Å². The zero-order valence-electron chi connectivity index (χ0n) is 19.3. The average Bonchev–Trinajstić information content (AvgIpc) is 2.74. The number of unbranched alkanes of at least 4 members (excludes halogenated alkanes) is 3. The number of aliphatic carboxylic acids is 1. The molecule has 0 aliphatic rings. The molecule has 0 atom stereocenters. The first-order valence-electron chi connectivity index (χ1n) is 11.7. The number of carboxylic acid groups (broad SMARTS) is 1. The van der Waals surface area contributed by atoms with Crippen molar-refractivity contribution in [1.82, 2.24) is 0 Å². The minimum atomic E-state index is -1.30. The van der Waals surface area contributed by atoms with E-state index >= 15 is 0 Å². The Morgan fingerprint density at radius 1 is 0.867 bits per heavy atom. The van der Waals surface area contributed by atoms with E-state index < -0.39 is 50.3 Å². The van der Waals surface area contributed by atoms with Crippen molar-refractivity contribution >= 4 is 31.9 Å². The molecule has 0 spiro atoms. The number of pyridine rings is 1. The Kier molecular flexibility index (Phi) is 16.7. The summed E-state index contributed by atoms with van der Waals surface area (Å²) in [6.07, 6.45) is 12.6. The molecular formula is C25H39HgNO2Sn+. The molecule has 0 saturated carbocycles. The van der Waals surface area contributed by atoms with Crippen molar-refractivity contribution in [2.75, 3.05) is 0 Å². The minimum absolute atomic E-state index is 0.0382. The third-order valence-electron chi connectivity index (χ3n) is 5.14. The Hall–Kier alpha value is -0.426. The SMILES string of the molecule is CCC[CH2][Sn]([CH2]CCC)[CH2]CCC.O=C(O)C[n+]1ccc[c]([Hg][c]2ccccc2)c1. The fourth-order valence-corrected chi connectivity index (χ4v) is 18.9. The molecule has 1 aromatic carbocycles. The zero-order valence-corrected chi connectivity index (χ0v) is 27.6. The Labute approximate surface area is 203 Å². The van der Waals surface area contributed by atoms with Crippen LogP contribution in [0.4, 0.5) is 0 Å². The third kappa shape index (κ3) is 13.8. The summed E-state index contributed by atoms with van der Waals surface area (Å²) < 4.78 is 9.55. The van der Waals surface area contributed by atoms with Crippen molar-refractivity contribution in [1.29, 1.82) is 0 Å². The first-order chi connectivity index (χ1) is 14.6. The van der Waals surface area contributed by atoms with Crippen LogP contribution in [-0.4, -0.2) is 30.8 Å². The summed E-state index contributed by atoms with van der Waals surface area (Å²) >= 11 is -2.14. The molecule has 1 heterocycles. The Morgan fingerprint density at radius 3 is 1.90 bits per heavy atom. The maximum atomic E-state index is 10.6. The molecule has 1 radical (unpaired) electrons. The molecule has 0 amide bonds. The van der Waals surface area contributed by atoms with Gasteiger partial charge >= 0.3 is 205 Å². The quantitative estimate of drug-likeness (QED) is 0.237. The van der Waals surface area contributed by atoms with E-state index in [1.54, 1.807) is 24.1 Å². The molecule has 0 aliphatic carbocycles. The van der Waals surface area contributed by atoms with E-state index in [4.69, 9.17) is 5.11 Å². The van der Waals surface area contributed by atoms with Gasteiger partial charge in [0.05, 0.1) is 0 Å². The van der Waals surface area contributed by atoms with Gasteiger partial charge in [-0.25, -0.2) is 0 Å². The van der Waals surface area contributed by atoms with Crippen LogP contribution in [-0.2, 0) is 35.9 Å². The van der Waals surface area contributed by atoms with Gasteiger partial charge in [0.15, 0.2) is 0 Å². The Morgan fingerprint density at radius 2 is 1.40 bits per heavy atom. The van der Waals surface area contributed by atoms with Gasteiger partial charge in [-0.3, -0.25) is 0 Å². The molecule has 0 unspecified atom stereocenters. The van der Waals surface area contributed by atoms with Gasteiger partial charge in [0, 0.05) is 0 Å². The van der Waals surface area contributed by atoms with Crippen LogP contribution in [0.1, 0.15) is 59.3 Å². The zero-order chi connectivity index (χ0) is 22.0. The van der Waals surface area contributed by atoms with Crippen molar-refractivity contribution in [3.8, 4) is 0 Å². The van der Waals surface area contributed by atoms with Gasteiger partial charge in [-0.1, -0.05) is 0 Å². The van der Waals surface area contributed by atoms with Crippen molar-refractivity contribution in [2.24, 2.45) is 0 Å². The number of carbonyl (C=O) groups is 1. The summed E-state index contributed by atoms with van der Waals surface area (Å²) in [5.74, 6) is -0.802. The molecule has 2 aromatic rings. The molecule has 0 aliphatic heterocycles. The fraction of sp³-hybridized carbons (Fsp3) is 0.520. The number of hydrogen-bond acceptors (Lipinski definition) is 1. The van der Waals surface area contributed by atoms with Gasteiger partial charge in [-0.2, -0.15) is 0 Å². The van der Waals surface area contributed by atoms with E-state index in [0.29, 0.717) is 0 Å². The first kappa shape index (κ1) is 27.6.